The van der Waals surface area contributed by atoms with Gasteiger partial charge in [0.15, 0.2) is 5.75 Å². The average Bonchev–Trinajstić information content (AvgIpc) is 3.19. The van der Waals surface area contributed by atoms with Gasteiger partial charge in [0.2, 0.25) is 10.0 Å². The first-order valence-electron chi connectivity index (χ1n) is 8.30. The quantitative estimate of drug-likeness (QED) is 0.631. The van der Waals surface area contributed by atoms with E-state index in [2.05, 4.69) is 0 Å². The van der Waals surface area contributed by atoms with E-state index in [4.69, 9.17) is 27.4 Å². The second-order valence-corrected chi connectivity index (χ2v) is 10.4. The van der Waals surface area contributed by atoms with E-state index in [9.17, 15) is 26.7 Å². The minimum Gasteiger partial charge on any atom is -0.478 e. The van der Waals surface area contributed by atoms with Gasteiger partial charge in [-0.05, 0) is 43.2 Å². The highest BCUT2D eigenvalue weighted by molar-refractivity contribution is 7.89. The average molecular weight is 480 g/mol. The van der Waals surface area contributed by atoms with E-state index in [-0.39, 0.29) is 14.9 Å². The Labute approximate surface area is 177 Å². The molecule has 0 spiro atoms. The second-order valence-electron chi connectivity index (χ2n) is 6.16. The van der Waals surface area contributed by atoms with Crippen molar-refractivity contribution in [3.63, 3.8) is 0 Å². The van der Waals surface area contributed by atoms with Crippen LogP contribution in [-0.2, 0) is 20.1 Å². The van der Waals surface area contributed by atoms with Crippen molar-refractivity contribution in [2.24, 2.45) is 0 Å². The number of sulfonamides is 1. The molecule has 0 saturated carbocycles. The molecule has 0 amide bonds. The van der Waals surface area contributed by atoms with Gasteiger partial charge >= 0.3 is 16.1 Å². The molecule has 1 fully saturated rings. The Kier molecular flexibility index (Phi) is 6.11. The molecule has 1 heterocycles. The van der Waals surface area contributed by atoms with Crippen molar-refractivity contribution in [2.75, 3.05) is 13.1 Å². The highest BCUT2D eigenvalue weighted by Gasteiger charge is 2.30. The number of carboxylic acid groups (broad SMARTS) is 1. The zero-order chi connectivity index (χ0) is 21.4. The van der Waals surface area contributed by atoms with Gasteiger partial charge in [-0.15, -0.1) is 0 Å². The zero-order valence-electron chi connectivity index (χ0n) is 14.7. The molecule has 0 aliphatic carbocycles. The van der Waals surface area contributed by atoms with Crippen molar-refractivity contribution >= 4 is 49.3 Å². The summed E-state index contributed by atoms with van der Waals surface area (Å²) < 4.78 is 56.6. The first kappa shape index (κ1) is 21.8. The van der Waals surface area contributed by atoms with Gasteiger partial charge in [0, 0.05) is 13.1 Å². The first-order valence-corrected chi connectivity index (χ1v) is 11.9. The van der Waals surface area contributed by atoms with Gasteiger partial charge < -0.3 is 9.29 Å². The molecule has 12 heteroatoms. The summed E-state index contributed by atoms with van der Waals surface area (Å²) >= 11 is 11.7. The predicted molar refractivity (Wildman–Crippen MR) is 106 cm³/mol. The molecule has 1 aliphatic heterocycles. The number of halogens is 2. The Bertz CT molecular complexity index is 1170. The van der Waals surface area contributed by atoms with Crippen molar-refractivity contribution in [3.05, 3.63) is 52.0 Å². The summed E-state index contributed by atoms with van der Waals surface area (Å²) in [6.07, 6.45) is 1.43. The molecule has 3 rings (SSSR count). The van der Waals surface area contributed by atoms with Crippen LogP contribution >= 0.6 is 23.2 Å². The topological polar surface area (TPSA) is 118 Å². The normalized spacial score (nSPS) is 15.4. The number of hydrogen-bond donors (Lipinski definition) is 1. The summed E-state index contributed by atoms with van der Waals surface area (Å²) in [5, 5.41) is 9.15. The van der Waals surface area contributed by atoms with Gasteiger partial charge in [-0.1, -0.05) is 29.3 Å². The number of hydrogen-bond acceptors (Lipinski definition) is 6. The number of carboxylic acids is 1. The third-order valence-corrected chi connectivity index (χ3v) is 8.37. The summed E-state index contributed by atoms with van der Waals surface area (Å²) in [5.74, 6) is -2.10. The summed E-state index contributed by atoms with van der Waals surface area (Å²) in [6, 6.07) is 6.83. The Hall–Kier alpha value is -1.85. The number of rotatable bonds is 6. The molecular formula is C17H15Cl2NO7S2. The highest BCUT2D eigenvalue weighted by Crippen LogP contribution is 2.33. The van der Waals surface area contributed by atoms with Crippen molar-refractivity contribution in [3.8, 4) is 5.75 Å². The molecule has 0 aromatic heterocycles. The van der Waals surface area contributed by atoms with Gasteiger partial charge in [0.25, 0.3) is 0 Å². The molecule has 1 saturated heterocycles. The van der Waals surface area contributed by atoms with Gasteiger partial charge in [0.05, 0.1) is 14.9 Å². The molecule has 0 atom stereocenters. The van der Waals surface area contributed by atoms with Crippen LogP contribution in [0.2, 0.25) is 10.0 Å². The second kappa shape index (κ2) is 8.11. The van der Waals surface area contributed by atoms with Crippen LogP contribution in [-0.4, -0.2) is 45.3 Å². The highest BCUT2D eigenvalue weighted by atomic mass is 35.5. The van der Waals surface area contributed by atoms with Crippen molar-refractivity contribution in [1.82, 2.24) is 4.31 Å². The maximum Gasteiger partial charge on any atom is 0.340 e. The van der Waals surface area contributed by atoms with Gasteiger partial charge in [-0.2, -0.15) is 12.7 Å². The van der Waals surface area contributed by atoms with E-state index < -0.39 is 42.3 Å². The number of carbonyl (C=O) groups is 1. The Balaban J connectivity index is 2.02. The smallest absolute Gasteiger partial charge is 0.340 e. The lowest BCUT2D eigenvalue weighted by molar-refractivity contribution is 0.0695. The fourth-order valence-electron chi connectivity index (χ4n) is 2.83. The fraction of sp³-hybridized carbons (Fsp3) is 0.235. The van der Waals surface area contributed by atoms with Crippen molar-refractivity contribution in [2.45, 2.75) is 22.6 Å². The van der Waals surface area contributed by atoms with Gasteiger partial charge in [-0.3, -0.25) is 0 Å². The lowest BCUT2D eigenvalue weighted by Gasteiger charge is -2.17. The summed E-state index contributed by atoms with van der Waals surface area (Å²) in [5.41, 5.74) is -0.619. The summed E-state index contributed by atoms with van der Waals surface area (Å²) in [6.45, 7) is 0.676. The molecule has 1 N–H and O–H groups in total. The Morgan fingerprint density at radius 3 is 2.31 bits per heavy atom. The predicted octanol–water partition coefficient (Wildman–Crippen LogP) is 3.24. The lowest BCUT2D eigenvalue weighted by Crippen LogP contribution is -2.28. The Morgan fingerprint density at radius 1 is 1.03 bits per heavy atom. The molecular weight excluding hydrogens is 465 g/mol. The molecule has 0 radical (unpaired) electrons. The molecule has 2 aromatic rings. The van der Waals surface area contributed by atoms with E-state index in [0.29, 0.717) is 25.9 Å². The third-order valence-electron chi connectivity index (χ3n) is 4.27. The van der Waals surface area contributed by atoms with E-state index in [0.717, 1.165) is 24.3 Å². The minimum atomic E-state index is -4.53. The maximum atomic E-state index is 12.7. The molecule has 156 valence electrons. The molecule has 8 nitrogen and oxygen atoms in total. The van der Waals surface area contributed by atoms with E-state index in [1.807, 2.05) is 0 Å². The number of aromatic carboxylic acids is 1. The maximum absolute atomic E-state index is 12.7. The molecule has 29 heavy (non-hydrogen) atoms. The van der Waals surface area contributed by atoms with E-state index >= 15 is 0 Å². The standard InChI is InChI=1S/C17H15Cl2NO7S2/c18-13-4-3-5-15(16(13)19)29(25,26)27-14-7-6-11(10-12(14)17(21)22)28(23,24)20-8-1-2-9-20/h3-7,10H,1-2,8-9H2,(H,21,22). The monoisotopic (exact) mass is 479 g/mol. The molecule has 2 aromatic carbocycles. The van der Waals surface area contributed by atoms with Crippen LogP contribution in [0.4, 0.5) is 0 Å². The third kappa shape index (κ3) is 4.36. The number of nitrogens with zero attached hydrogens (tertiary/aromatic N) is 1. The number of benzene rings is 2. The molecule has 1 aliphatic rings. The Morgan fingerprint density at radius 2 is 1.69 bits per heavy atom. The lowest BCUT2D eigenvalue weighted by atomic mass is 10.2. The van der Waals surface area contributed by atoms with Crippen LogP contribution in [0.5, 0.6) is 5.75 Å². The van der Waals surface area contributed by atoms with Crippen LogP contribution in [0, 0.1) is 0 Å². The van der Waals surface area contributed by atoms with Crippen LogP contribution < -0.4 is 4.18 Å². The SMILES string of the molecule is O=C(O)c1cc(S(=O)(=O)N2CCCC2)ccc1OS(=O)(=O)c1cccc(Cl)c1Cl. The van der Waals surface area contributed by atoms with E-state index in [1.54, 1.807) is 0 Å². The van der Waals surface area contributed by atoms with Crippen LogP contribution in [0.25, 0.3) is 0 Å². The molecule has 0 bridgehead atoms. The summed E-state index contributed by atoms with van der Waals surface area (Å²) in [4.78, 5) is 10.9. The van der Waals surface area contributed by atoms with Gasteiger partial charge in [-0.25, -0.2) is 13.2 Å². The van der Waals surface area contributed by atoms with E-state index in [1.165, 1.54) is 16.4 Å². The van der Waals surface area contributed by atoms with Crippen LogP contribution in [0.3, 0.4) is 0 Å². The van der Waals surface area contributed by atoms with Crippen molar-refractivity contribution in [1.29, 1.82) is 0 Å². The van der Waals surface area contributed by atoms with Crippen LogP contribution in [0.1, 0.15) is 23.2 Å². The molecule has 0 unspecified atom stereocenters. The first-order chi connectivity index (χ1) is 13.5. The van der Waals surface area contributed by atoms with Crippen molar-refractivity contribution < 1.29 is 30.9 Å². The summed E-state index contributed by atoms with van der Waals surface area (Å²) in [7, 11) is -8.42. The zero-order valence-corrected chi connectivity index (χ0v) is 17.9. The largest absolute Gasteiger partial charge is 0.478 e. The van der Waals surface area contributed by atoms with Crippen LogP contribution in [0.15, 0.2) is 46.2 Å². The fourth-order valence-corrected chi connectivity index (χ4v) is 6.06. The van der Waals surface area contributed by atoms with Gasteiger partial charge in [0.1, 0.15) is 10.5 Å². The minimum absolute atomic E-state index is 0.0261.